The number of carbonyl (C=O) groups is 1. The molecule has 7 nitrogen and oxygen atoms in total. The van der Waals surface area contributed by atoms with E-state index < -0.39 is 4.92 Å². The van der Waals surface area contributed by atoms with Gasteiger partial charge in [0.05, 0.1) is 35.3 Å². The van der Waals surface area contributed by atoms with Crippen LogP contribution in [0.1, 0.15) is 24.2 Å². The summed E-state index contributed by atoms with van der Waals surface area (Å²) in [5, 5.41) is 13.6. The summed E-state index contributed by atoms with van der Waals surface area (Å²) in [5.74, 6) is -0.328. The van der Waals surface area contributed by atoms with Crippen molar-refractivity contribution >= 4 is 23.2 Å². The molecule has 1 fully saturated rings. The number of nitro groups is 1. The molecule has 1 saturated heterocycles. The number of quaternary nitrogens is 1. The maximum Gasteiger partial charge on any atom is 0.270 e. The van der Waals surface area contributed by atoms with Crippen LogP contribution in [0.2, 0.25) is 5.02 Å². The number of benzene rings is 1. The first kappa shape index (κ1) is 17.7. The van der Waals surface area contributed by atoms with Gasteiger partial charge in [-0.25, -0.2) is 0 Å². The first-order valence-corrected chi connectivity index (χ1v) is 7.84. The van der Waals surface area contributed by atoms with Gasteiger partial charge in [0.1, 0.15) is 18.6 Å². The fourth-order valence-corrected chi connectivity index (χ4v) is 2.88. The highest BCUT2D eigenvalue weighted by Gasteiger charge is 2.32. The summed E-state index contributed by atoms with van der Waals surface area (Å²) < 4.78 is 5.36. The second kappa shape index (κ2) is 7.25. The molecule has 2 rings (SSSR count). The molecule has 0 saturated carbocycles. The van der Waals surface area contributed by atoms with E-state index in [1.807, 2.05) is 0 Å². The molecule has 8 heteroatoms. The lowest BCUT2D eigenvalue weighted by Gasteiger charge is -2.37. The van der Waals surface area contributed by atoms with Crippen molar-refractivity contribution in [2.45, 2.75) is 19.4 Å². The predicted octanol–water partition coefficient (Wildman–Crippen LogP) is 0.672. The monoisotopic (exact) mass is 342 g/mol. The number of hydrogen-bond acceptors (Lipinski definition) is 4. The van der Waals surface area contributed by atoms with Crippen LogP contribution in [0.15, 0.2) is 18.2 Å². The quantitative estimate of drug-likeness (QED) is 0.608. The molecule has 2 N–H and O–H groups in total. The summed E-state index contributed by atoms with van der Waals surface area (Å²) in [6.45, 7) is 7.91. The molecular weight excluding hydrogens is 322 g/mol. The number of nitrogens with zero attached hydrogens (tertiary/aromatic N) is 1. The maximum atomic E-state index is 12.3. The Hall–Kier alpha value is -1.70. The smallest absolute Gasteiger partial charge is 0.270 e. The van der Waals surface area contributed by atoms with Crippen molar-refractivity contribution in [1.82, 2.24) is 5.32 Å². The van der Waals surface area contributed by atoms with Crippen molar-refractivity contribution in [3.05, 3.63) is 38.9 Å². The van der Waals surface area contributed by atoms with Gasteiger partial charge in [-0.05, 0) is 19.9 Å². The summed E-state index contributed by atoms with van der Waals surface area (Å²) in [7, 11) is 0. The van der Waals surface area contributed by atoms with Crippen LogP contribution < -0.4 is 10.2 Å². The molecule has 23 heavy (non-hydrogen) atoms. The number of halogens is 1. The molecule has 1 amide bonds. The largest absolute Gasteiger partial charge is 0.370 e. The fraction of sp³-hybridized carbons (Fsp3) is 0.533. The Morgan fingerprint density at radius 2 is 2.09 bits per heavy atom. The second-order valence-electron chi connectivity index (χ2n) is 6.20. The Labute approximate surface area is 139 Å². The van der Waals surface area contributed by atoms with E-state index in [9.17, 15) is 14.9 Å². The third-order valence-electron chi connectivity index (χ3n) is 4.15. The normalized spacial score (nSPS) is 16.1. The summed E-state index contributed by atoms with van der Waals surface area (Å²) in [6.07, 6.45) is 0. The number of morpholine rings is 1. The Morgan fingerprint density at radius 3 is 2.65 bits per heavy atom. The lowest BCUT2D eigenvalue weighted by molar-refractivity contribution is -0.954. The average Bonchev–Trinajstić information content (AvgIpc) is 2.53. The molecule has 1 aromatic carbocycles. The van der Waals surface area contributed by atoms with Gasteiger partial charge in [-0.15, -0.1) is 0 Å². The van der Waals surface area contributed by atoms with Crippen LogP contribution in [0.5, 0.6) is 0 Å². The van der Waals surface area contributed by atoms with E-state index in [1.54, 1.807) is 0 Å². The average molecular weight is 343 g/mol. The Morgan fingerprint density at radius 1 is 1.43 bits per heavy atom. The molecule has 0 spiro atoms. The lowest BCUT2D eigenvalue weighted by atomic mass is 10.0. The van der Waals surface area contributed by atoms with E-state index in [0.29, 0.717) is 6.54 Å². The maximum absolute atomic E-state index is 12.3. The van der Waals surface area contributed by atoms with E-state index in [2.05, 4.69) is 19.2 Å². The molecule has 1 aliphatic heterocycles. The molecule has 0 unspecified atom stereocenters. The lowest BCUT2D eigenvalue weighted by Crippen LogP contribution is -3.22. The summed E-state index contributed by atoms with van der Waals surface area (Å²) in [4.78, 5) is 23.8. The minimum absolute atomic E-state index is 0.0771. The first-order valence-electron chi connectivity index (χ1n) is 7.46. The van der Waals surface area contributed by atoms with E-state index in [4.69, 9.17) is 16.3 Å². The number of non-ortho nitro benzene ring substituents is 1. The number of amides is 1. The highest BCUT2D eigenvalue weighted by atomic mass is 35.5. The third kappa shape index (κ3) is 4.40. The molecule has 1 aromatic rings. The van der Waals surface area contributed by atoms with Gasteiger partial charge in [-0.2, -0.15) is 0 Å². The van der Waals surface area contributed by atoms with Crippen LogP contribution in [0.3, 0.4) is 0 Å². The fourth-order valence-electron chi connectivity index (χ4n) is 2.62. The zero-order valence-electron chi connectivity index (χ0n) is 13.2. The minimum atomic E-state index is -0.543. The van der Waals surface area contributed by atoms with Crippen LogP contribution >= 0.6 is 11.6 Å². The van der Waals surface area contributed by atoms with Crippen LogP contribution in [-0.2, 0) is 4.74 Å². The van der Waals surface area contributed by atoms with E-state index in [-0.39, 0.29) is 27.7 Å². The summed E-state index contributed by atoms with van der Waals surface area (Å²) >= 11 is 5.98. The van der Waals surface area contributed by atoms with Crippen LogP contribution in [-0.4, -0.2) is 49.2 Å². The van der Waals surface area contributed by atoms with E-state index in [0.717, 1.165) is 26.3 Å². The summed E-state index contributed by atoms with van der Waals surface area (Å²) in [6, 6.07) is 3.85. The van der Waals surface area contributed by atoms with Crippen molar-refractivity contribution in [2.24, 2.45) is 0 Å². The standard InChI is InChI=1S/C15H20ClN3O4/c1-15(2,18-5-7-23-8-6-18)10-17-14(20)12-4-3-11(19(21)22)9-13(12)16/h3-4,9H,5-8,10H2,1-2H3,(H,17,20)/p+1. The number of carbonyl (C=O) groups excluding carboxylic acids is 1. The van der Waals surface area contributed by atoms with Crippen molar-refractivity contribution in [3.63, 3.8) is 0 Å². The summed E-state index contributed by atoms with van der Waals surface area (Å²) in [5.41, 5.74) is -0.0261. The number of nitro benzene ring substituents is 1. The number of rotatable bonds is 5. The Bertz CT molecular complexity index is 600. The molecule has 0 aliphatic carbocycles. The molecule has 1 heterocycles. The van der Waals surface area contributed by atoms with Crippen molar-refractivity contribution in [1.29, 1.82) is 0 Å². The Balaban J connectivity index is 2.00. The Kier molecular flexibility index (Phi) is 5.56. The highest BCUT2D eigenvalue weighted by molar-refractivity contribution is 6.34. The third-order valence-corrected chi connectivity index (χ3v) is 4.47. The number of nitrogens with one attached hydrogen (secondary N) is 2. The van der Waals surface area contributed by atoms with E-state index >= 15 is 0 Å². The van der Waals surface area contributed by atoms with Gasteiger partial charge in [-0.3, -0.25) is 14.9 Å². The molecule has 0 atom stereocenters. The van der Waals surface area contributed by atoms with Gasteiger partial charge >= 0.3 is 0 Å². The molecular formula is C15H21ClN3O4+. The van der Waals surface area contributed by atoms with Crippen LogP contribution in [0.25, 0.3) is 0 Å². The van der Waals surface area contributed by atoms with Gasteiger partial charge in [0.2, 0.25) is 0 Å². The molecule has 0 bridgehead atoms. The van der Waals surface area contributed by atoms with Gasteiger partial charge in [-0.1, -0.05) is 11.6 Å². The first-order chi connectivity index (χ1) is 10.8. The highest BCUT2D eigenvalue weighted by Crippen LogP contribution is 2.22. The zero-order chi connectivity index (χ0) is 17.0. The van der Waals surface area contributed by atoms with Crippen molar-refractivity contribution < 1.29 is 19.4 Å². The molecule has 126 valence electrons. The topological polar surface area (TPSA) is 85.9 Å². The zero-order valence-corrected chi connectivity index (χ0v) is 14.0. The van der Waals surface area contributed by atoms with Crippen molar-refractivity contribution in [2.75, 3.05) is 32.8 Å². The van der Waals surface area contributed by atoms with Gasteiger partial charge < -0.3 is 15.0 Å². The molecule has 1 aliphatic rings. The second-order valence-corrected chi connectivity index (χ2v) is 6.61. The minimum Gasteiger partial charge on any atom is -0.370 e. The van der Waals surface area contributed by atoms with Crippen LogP contribution in [0.4, 0.5) is 5.69 Å². The van der Waals surface area contributed by atoms with Crippen LogP contribution in [0, 0.1) is 10.1 Å². The SMILES string of the molecule is CC(C)(CNC(=O)c1ccc([N+](=O)[O-])cc1Cl)[NH+]1CCOCC1. The van der Waals surface area contributed by atoms with Gasteiger partial charge in [0.15, 0.2) is 0 Å². The van der Waals surface area contributed by atoms with Crippen molar-refractivity contribution in [3.8, 4) is 0 Å². The number of ether oxygens (including phenoxy) is 1. The molecule has 0 radical (unpaired) electrons. The number of hydrogen-bond donors (Lipinski definition) is 2. The molecule has 0 aromatic heterocycles. The van der Waals surface area contributed by atoms with E-state index in [1.165, 1.54) is 23.1 Å². The van der Waals surface area contributed by atoms with Gasteiger partial charge in [0, 0.05) is 12.1 Å². The van der Waals surface area contributed by atoms with Gasteiger partial charge in [0.25, 0.3) is 11.6 Å². The predicted molar refractivity (Wildman–Crippen MR) is 86.0 cm³/mol.